The first-order valence-electron chi connectivity index (χ1n) is 8.65. The molecule has 0 saturated heterocycles. The minimum atomic E-state index is -4.97. The summed E-state index contributed by atoms with van der Waals surface area (Å²) in [5.41, 5.74) is 2.49. The Hall–Kier alpha value is -2.50. The molecule has 0 aliphatic heterocycles. The van der Waals surface area contributed by atoms with E-state index in [9.17, 15) is 31.4 Å². The number of nitrogens with two attached hydrogens (primary N) is 1. The molecule has 0 heterocycles. The van der Waals surface area contributed by atoms with Crippen molar-refractivity contribution in [2.45, 2.75) is 30.9 Å². The molecule has 0 aliphatic rings. The lowest BCUT2D eigenvalue weighted by atomic mass is 10.1. The summed E-state index contributed by atoms with van der Waals surface area (Å²) >= 11 is 0. The van der Waals surface area contributed by atoms with Crippen molar-refractivity contribution in [1.82, 2.24) is 0 Å². The number of alkyl halides is 6. The third-order valence-electron chi connectivity index (χ3n) is 4.01. The molecule has 0 spiro atoms. The highest BCUT2D eigenvalue weighted by atomic mass is 19.4. The minimum Gasteiger partial charge on any atom is -0.493 e. The Balaban J connectivity index is 2.08. The monoisotopic (exact) mass is 439 g/mol. The second-order valence-electron chi connectivity index (χ2n) is 6.37. The molecule has 4 N–H and O–H groups in total. The molecule has 0 aromatic heterocycles. The number of aliphatic hydroxyl groups excluding tert-OH is 2. The van der Waals surface area contributed by atoms with Crippen LogP contribution in [0.25, 0.3) is 0 Å². The molecule has 2 atom stereocenters. The van der Waals surface area contributed by atoms with Gasteiger partial charge in [0.2, 0.25) is 0 Å². The Labute approximate surface area is 167 Å². The maximum atomic E-state index is 12.9. The zero-order chi connectivity index (χ0) is 22.5. The van der Waals surface area contributed by atoms with E-state index in [1.165, 1.54) is 24.3 Å². The fourth-order valence-corrected chi connectivity index (χ4v) is 2.36. The van der Waals surface area contributed by atoms with Gasteiger partial charge in [-0.1, -0.05) is 0 Å². The van der Waals surface area contributed by atoms with Crippen LogP contribution in [0, 0.1) is 0 Å². The zero-order valence-corrected chi connectivity index (χ0v) is 15.4. The number of hydrogen-bond acceptors (Lipinski definition) is 5. The molecule has 0 saturated carbocycles. The molecule has 0 bridgehead atoms. The highest BCUT2D eigenvalue weighted by Crippen LogP contribution is 2.39. The highest BCUT2D eigenvalue weighted by molar-refractivity contribution is 5.41. The van der Waals surface area contributed by atoms with Crippen LogP contribution in [0.5, 0.6) is 17.2 Å². The van der Waals surface area contributed by atoms with E-state index < -0.39 is 48.0 Å². The number of hydrogen-bond donors (Lipinski definition) is 3. The van der Waals surface area contributed by atoms with Crippen LogP contribution >= 0.6 is 0 Å². The predicted octanol–water partition coefficient (Wildman–Crippen LogP) is 3.97. The summed E-state index contributed by atoms with van der Waals surface area (Å²) in [5.74, 6) is -0.295. The van der Waals surface area contributed by atoms with E-state index in [0.29, 0.717) is 17.9 Å². The summed E-state index contributed by atoms with van der Waals surface area (Å²) < 4.78 is 87.9. The summed E-state index contributed by atoms with van der Waals surface area (Å²) in [7, 11) is 0. The molecule has 0 aliphatic carbocycles. The second-order valence-corrected chi connectivity index (χ2v) is 6.37. The van der Waals surface area contributed by atoms with Crippen LogP contribution in [0.1, 0.15) is 17.5 Å². The number of benzene rings is 2. The van der Waals surface area contributed by atoms with Crippen molar-refractivity contribution >= 4 is 0 Å². The number of ether oxygens (including phenoxy) is 2. The van der Waals surface area contributed by atoms with Gasteiger partial charge >= 0.3 is 12.4 Å². The fourth-order valence-electron chi connectivity index (χ4n) is 2.36. The van der Waals surface area contributed by atoms with Gasteiger partial charge in [0.1, 0.15) is 17.2 Å². The van der Waals surface area contributed by atoms with Gasteiger partial charge in [0.15, 0.2) is 0 Å². The van der Waals surface area contributed by atoms with Gasteiger partial charge in [-0.25, -0.2) is 0 Å². The van der Waals surface area contributed by atoms with Gasteiger partial charge in [-0.2, -0.15) is 26.3 Å². The molecule has 2 unspecified atom stereocenters. The fraction of sp³-hybridized carbons (Fsp3) is 0.368. The van der Waals surface area contributed by atoms with Crippen LogP contribution in [0.3, 0.4) is 0 Å². The highest BCUT2D eigenvalue weighted by Gasteiger charge is 2.37. The first kappa shape index (κ1) is 23.8. The molecular formula is C19H19F6NO4. The van der Waals surface area contributed by atoms with Gasteiger partial charge in [0, 0.05) is 6.42 Å². The van der Waals surface area contributed by atoms with Crippen LogP contribution in [-0.4, -0.2) is 35.6 Å². The van der Waals surface area contributed by atoms with Crippen LogP contribution in [0.4, 0.5) is 26.3 Å². The minimum absolute atomic E-state index is 0.00265. The Morgan fingerprint density at radius 2 is 1.33 bits per heavy atom. The lowest BCUT2D eigenvalue weighted by molar-refractivity contribution is -0.143. The van der Waals surface area contributed by atoms with Gasteiger partial charge in [-0.3, -0.25) is 0 Å². The molecule has 30 heavy (non-hydrogen) atoms. The third-order valence-corrected chi connectivity index (χ3v) is 4.01. The normalized spacial score (nSPS) is 14.3. The van der Waals surface area contributed by atoms with Crippen LogP contribution in [0.15, 0.2) is 42.5 Å². The van der Waals surface area contributed by atoms with Crippen LogP contribution in [-0.2, 0) is 12.4 Å². The lowest BCUT2D eigenvalue weighted by Gasteiger charge is -2.16. The Morgan fingerprint density at radius 1 is 0.833 bits per heavy atom. The van der Waals surface area contributed by atoms with E-state index in [4.69, 9.17) is 20.3 Å². The summed E-state index contributed by atoms with van der Waals surface area (Å²) in [6.45, 7) is -0.323. The van der Waals surface area contributed by atoms with Crippen LogP contribution < -0.4 is 15.2 Å². The van der Waals surface area contributed by atoms with Gasteiger partial charge < -0.3 is 25.4 Å². The average molecular weight is 439 g/mol. The summed E-state index contributed by atoms with van der Waals surface area (Å²) in [4.78, 5) is 0. The maximum absolute atomic E-state index is 12.9. The summed E-state index contributed by atoms with van der Waals surface area (Å²) in [6.07, 6.45) is -10.8. The van der Waals surface area contributed by atoms with Crippen molar-refractivity contribution in [1.29, 1.82) is 0 Å². The quantitative estimate of drug-likeness (QED) is 0.542. The number of halogens is 6. The van der Waals surface area contributed by atoms with Gasteiger partial charge in [0.25, 0.3) is 0 Å². The molecule has 0 radical (unpaired) electrons. The van der Waals surface area contributed by atoms with Crippen molar-refractivity contribution < 1.29 is 46.0 Å². The van der Waals surface area contributed by atoms with E-state index in [1.807, 2.05) is 0 Å². The molecule has 2 rings (SSSR count). The van der Waals surface area contributed by atoms with Crippen molar-refractivity contribution in [3.8, 4) is 17.2 Å². The van der Waals surface area contributed by atoms with E-state index in [1.54, 1.807) is 0 Å². The van der Waals surface area contributed by atoms with Crippen molar-refractivity contribution in [3.05, 3.63) is 53.6 Å². The average Bonchev–Trinajstić information content (AvgIpc) is 2.67. The van der Waals surface area contributed by atoms with Gasteiger partial charge in [-0.15, -0.1) is 0 Å². The van der Waals surface area contributed by atoms with Crippen LogP contribution in [0.2, 0.25) is 0 Å². The van der Waals surface area contributed by atoms with Crippen molar-refractivity contribution in [2.75, 3.05) is 13.2 Å². The van der Waals surface area contributed by atoms with E-state index >= 15 is 0 Å². The molecule has 166 valence electrons. The number of aliphatic hydroxyl groups is 2. The molecule has 0 fully saturated rings. The Bertz CT molecular complexity index is 791. The molecule has 5 nitrogen and oxygen atoms in total. The SMILES string of the molecule is NC(CO)C(O)CCOc1ccc(Oc2cc(C(F)(F)F)cc(C(F)(F)F)c2)cc1. The third kappa shape index (κ3) is 6.78. The van der Waals surface area contributed by atoms with E-state index in [0.717, 1.165) is 0 Å². The van der Waals surface area contributed by atoms with E-state index in [2.05, 4.69) is 0 Å². The topological polar surface area (TPSA) is 84.9 Å². The predicted molar refractivity (Wildman–Crippen MR) is 94.1 cm³/mol. The molecule has 11 heteroatoms. The second kappa shape index (κ2) is 9.54. The summed E-state index contributed by atoms with van der Waals surface area (Å²) in [5, 5.41) is 18.5. The summed E-state index contributed by atoms with van der Waals surface area (Å²) in [6, 6.07) is 5.56. The smallest absolute Gasteiger partial charge is 0.416 e. The largest absolute Gasteiger partial charge is 0.493 e. The maximum Gasteiger partial charge on any atom is 0.416 e. The molecule has 2 aromatic rings. The Kier molecular flexibility index (Phi) is 7.56. The Morgan fingerprint density at radius 3 is 1.80 bits per heavy atom. The zero-order valence-electron chi connectivity index (χ0n) is 15.4. The van der Waals surface area contributed by atoms with Crippen molar-refractivity contribution in [3.63, 3.8) is 0 Å². The van der Waals surface area contributed by atoms with Gasteiger partial charge in [-0.05, 0) is 42.5 Å². The first-order valence-corrected chi connectivity index (χ1v) is 8.65. The van der Waals surface area contributed by atoms with Crippen molar-refractivity contribution in [2.24, 2.45) is 5.73 Å². The standard InChI is InChI=1S/C19H19F6NO4/c20-18(21,22)11-7-12(19(23,24)25)9-15(8-11)30-14-3-1-13(2-4-14)29-6-5-17(28)16(26)10-27/h1-4,7-9,16-17,27-28H,5-6,10,26H2. The molecule has 2 aromatic carbocycles. The molecular weight excluding hydrogens is 420 g/mol. The van der Waals surface area contributed by atoms with E-state index in [-0.39, 0.29) is 24.8 Å². The lowest BCUT2D eigenvalue weighted by Crippen LogP contribution is -2.38. The molecule has 0 amide bonds. The first-order chi connectivity index (χ1) is 13.9. The van der Waals surface area contributed by atoms with Gasteiger partial charge in [0.05, 0.1) is 36.5 Å². The number of rotatable bonds is 8.